The molecule has 19 heavy (non-hydrogen) atoms. The number of alkyl halides is 1. The van der Waals surface area contributed by atoms with Crippen molar-refractivity contribution in [1.82, 2.24) is 9.55 Å². The molecule has 1 heterocycles. The third-order valence-electron chi connectivity index (χ3n) is 3.90. The first-order chi connectivity index (χ1) is 9.24. The Bertz CT molecular complexity index is 598. The highest BCUT2D eigenvalue weighted by Gasteiger charge is 2.30. The van der Waals surface area contributed by atoms with E-state index < -0.39 is 0 Å². The summed E-state index contributed by atoms with van der Waals surface area (Å²) in [6.07, 6.45) is 5.69. The summed E-state index contributed by atoms with van der Waals surface area (Å²) in [5, 5.41) is 0.572. The first-order valence-corrected chi connectivity index (χ1v) is 8.32. The highest BCUT2D eigenvalue weighted by atomic mass is 35.5. The first kappa shape index (κ1) is 13.3. The molecule has 1 fully saturated rings. The fraction of sp³-hybridized carbons (Fsp3) is 0.500. The van der Waals surface area contributed by atoms with Gasteiger partial charge < -0.3 is 4.57 Å². The van der Waals surface area contributed by atoms with Crippen LogP contribution in [-0.4, -0.2) is 21.1 Å². The lowest BCUT2D eigenvalue weighted by Crippen LogP contribution is -2.17. The molecule has 0 spiro atoms. The Labute approximate surface area is 121 Å². The maximum absolute atomic E-state index is 13.5. The van der Waals surface area contributed by atoms with Crippen LogP contribution in [0, 0.1) is 5.82 Å². The summed E-state index contributed by atoms with van der Waals surface area (Å²) in [7, 11) is 0. The SMILES string of the molecule is CSC1CCCC1n1c(CCl)nc2ccc(F)cc21. The minimum atomic E-state index is -0.214. The van der Waals surface area contributed by atoms with E-state index in [1.54, 1.807) is 12.1 Å². The van der Waals surface area contributed by atoms with E-state index in [2.05, 4.69) is 15.8 Å². The van der Waals surface area contributed by atoms with Gasteiger partial charge in [0.05, 0.1) is 16.9 Å². The third kappa shape index (κ3) is 2.25. The van der Waals surface area contributed by atoms with Crippen LogP contribution in [0.5, 0.6) is 0 Å². The molecule has 3 rings (SSSR count). The van der Waals surface area contributed by atoms with E-state index in [1.165, 1.54) is 18.9 Å². The van der Waals surface area contributed by atoms with E-state index in [0.717, 1.165) is 23.3 Å². The van der Waals surface area contributed by atoms with E-state index >= 15 is 0 Å². The molecule has 0 aliphatic heterocycles. The summed E-state index contributed by atoms with van der Waals surface area (Å²) >= 11 is 7.91. The van der Waals surface area contributed by atoms with Crippen LogP contribution in [0.25, 0.3) is 11.0 Å². The number of halogens is 2. The van der Waals surface area contributed by atoms with Gasteiger partial charge in [0.2, 0.25) is 0 Å². The molecule has 0 amide bonds. The van der Waals surface area contributed by atoms with Crippen molar-refractivity contribution < 1.29 is 4.39 Å². The number of thioether (sulfide) groups is 1. The normalized spacial score (nSPS) is 23.3. The number of nitrogens with zero attached hydrogens (tertiary/aromatic N) is 2. The van der Waals surface area contributed by atoms with Crippen molar-refractivity contribution in [3.63, 3.8) is 0 Å². The number of hydrogen-bond donors (Lipinski definition) is 0. The molecule has 1 aromatic carbocycles. The number of fused-ring (bicyclic) bond motifs is 1. The highest BCUT2D eigenvalue weighted by molar-refractivity contribution is 7.99. The Kier molecular flexibility index (Phi) is 3.72. The molecule has 5 heteroatoms. The molecule has 2 unspecified atom stereocenters. The minimum absolute atomic E-state index is 0.214. The zero-order valence-electron chi connectivity index (χ0n) is 10.8. The second kappa shape index (κ2) is 5.33. The molecule has 2 atom stereocenters. The predicted molar refractivity (Wildman–Crippen MR) is 79.4 cm³/mol. The first-order valence-electron chi connectivity index (χ1n) is 6.49. The zero-order valence-corrected chi connectivity index (χ0v) is 12.3. The maximum atomic E-state index is 13.5. The molecular formula is C14H16ClFN2S. The number of benzene rings is 1. The molecule has 0 bridgehead atoms. The molecule has 102 valence electrons. The topological polar surface area (TPSA) is 17.8 Å². The van der Waals surface area contributed by atoms with Gasteiger partial charge in [-0.3, -0.25) is 0 Å². The Morgan fingerprint density at radius 1 is 1.47 bits per heavy atom. The van der Waals surface area contributed by atoms with Gasteiger partial charge in [0.25, 0.3) is 0 Å². The van der Waals surface area contributed by atoms with Crippen LogP contribution >= 0.6 is 23.4 Å². The van der Waals surface area contributed by atoms with Gasteiger partial charge in [-0.25, -0.2) is 9.37 Å². The van der Waals surface area contributed by atoms with Crippen molar-refractivity contribution in [2.24, 2.45) is 0 Å². The van der Waals surface area contributed by atoms with Crippen LogP contribution in [0.1, 0.15) is 31.1 Å². The summed E-state index contributed by atoms with van der Waals surface area (Å²) in [6, 6.07) is 5.16. The third-order valence-corrected chi connectivity index (χ3v) is 5.29. The second-order valence-electron chi connectivity index (χ2n) is 4.94. The fourth-order valence-electron chi connectivity index (χ4n) is 3.06. The Morgan fingerprint density at radius 2 is 2.32 bits per heavy atom. The van der Waals surface area contributed by atoms with Gasteiger partial charge in [-0.15, -0.1) is 11.6 Å². The summed E-state index contributed by atoms with van der Waals surface area (Å²) in [4.78, 5) is 4.54. The van der Waals surface area contributed by atoms with E-state index in [9.17, 15) is 4.39 Å². The molecule has 1 aromatic heterocycles. The van der Waals surface area contributed by atoms with Crippen molar-refractivity contribution >= 4 is 34.4 Å². The molecule has 0 N–H and O–H groups in total. The van der Waals surface area contributed by atoms with Crippen molar-refractivity contribution in [3.05, 3.63) is 29.8 Å². The van der Waals surface area contributed by atoms with Gasteiger partial charge in [-0.2, -0.15) is 11.8 Å². The smallest absolute Gasteiger partial charge is 0.125 e. The van der Waals surface area contributed by atoms with E-state index in [-0.39, 0.29) is 5.82 Å². The van der Waals surface area contributed by atoms with Crippen LogP contribution in [0.15, 0.2) is 18.2 Å². The number of aromatic nitrogens is 2. The van der Waals surface area contributed by atoms with Crippen LogP contribution in [-0.2, 0) is 5.88 Å². The van der Waals surface area contributed by atoms with Crippen LogP contribution in [0.3, 0.4) is 0 Å². The molecular weight excluding hydrogens is 283 g/mol. The van der Waals surface area contributed by atoms with E-state index in [1.807, 2.05) is 11.8 Å². The average Bonchev–Trinajstić information content (AvgIpc) is 3.00. The lowest BCUT2D eigenvalue weighted by Gasteiger charge is -2.22. The van der Waals surface area contributed by atoms with Crippen LogP contribution < -0.4 is 0 Å². The van der Waals surface area contributed by atoms with Crippen molar-refractivity contribution in [2.75, 3.05) is 6.26 Å². The Morgan fingerprint density at radius 3 is 3.05 bits per heavy atom. The Hall–Kier alpha value is -0.740. The van der Waals surface area contributed by atoms with E-state index in [0.29, 0.717) is 17.2 Å². The quantitative estimate of drug-likeness (QED) is 0.783. The Balaban J connectivity index is 2.17. The molecule has 0 radical (unpaired) electrons. The maximum Gasteiger partial charge on any atom is 0.125 e. The summed E-state index contributed by atoms with van der Waals surface area (Å²) < 4.78 is 15.7. The molecule has 1 aliphatic carbocycles. The molecule has 2 nitrogen and oxygen atoms in total. The van der Waals surface area contributed by atoms with Crippen LogP contribution in [0.4, 0.5) is 4.39 Å². The number of imidazole rings is 1. The lowest BCUT2D eigenvalue weighted by molar-refractivity contribution is 0.526. The van der Waals surface area contributed by atoms with Crippen molar-refractivity contribution in [2.45, 2.75) is 36.4 Å². The van der Waals surface area contributed by atoms with Gasteiger partial charge in [-0.1, -0.05) is 6.42 Å². The molecule has 1 saturated carbocycles. The largest absolute Gasteiger partial charge is 0.323 e. The van der Waals surface area contributed by atoms with Gasteiger partial charge in [0, 0.05) is 11.3 Å². The number of hydrogen-bond acceptors (Lipinski definition) is 2. The average molecular weight is 299 g/mol. The lowest BCUT2D eigenvalue weighted by atomic mass is 10.2. The zero-order chi connectivity index (χ0) is 13.4. The van der Waals surface area contributed by atoms with E-state index in [4.69, 9.17) is 11.6 Å². The van der Waals surface area contributed by atoms with Crippen molar-refractivity contribution in [1.29, 1.82) is 0 Å². The van der Waals surface area contributed by atoms with Gasteiger partial charge in [0.15, 0.2) is 0 Å². The summed E-state index contributed by atoms with van der Waals surface area (Å²) in [5.41, 5.74) is 1.71. The van der Waals surface area contributed by atoms with Gasteiger partial charge in [0.1, 0.15) is 11.6 Å². The van der Waals surface area contributed by atoms with Crippen LogP contribution in [0.2, 0.25) is 0 Å². The van der Waals surface area contributed by atoms with Gasteiger partial charge in [-0.05, 0) is 37.3 Å². The summed E-state index contributed by atoms with van der Waals surface area (Å²) in [5.74, 6) is 1.01. The second-order valence-corrected chi connectivity index (χ2v) is 6.28. The number of rotatable bonds is 3. The predicted octanol–water partition coefficient (Wildman–Crippen LogP) is 4.37. The summed E-state index contributed by atoms with van der Waals surface area (Å²) in [6.45, 7) is 0. The standard InChI is InChI=1S/C14H16ClFN2S/c1-19-13-4-2-3-11(13)18-12-7-9(16)5-6-10(12)17-14(18)8-15/h5-7,11,13H,2-4,8H2,1H3. The van der Waals surface area contributed by atoms with Gasteiger partial charge >= 0.3 is 0 Å². The minimum Gasteiger partial charge on any atom is -0.323 e. The molecule has 2 aromatic rings. The monoisotopic (exact) mass is 298 g/mol. The molecule has 1 aliphatic rings. The fourth-order valence-corrected chi connectivity index (χ4v) is 4.22. The highest BCUT2D eigenvalue weighted by Crippen LogP contribution is 2.40. The van der Waals surface area contributed by atoms with Crippen molar-refractivity contribution in [3.8, 4) is 0 Å². The molecule has 0 saturated heterocycles.